The van der Waals surface area contributed by atoms with Crippen LogP contribution in [0, 0.1) is 12.8 Å². The van der Waals surface area contributed by atoms with Crippen molar-refractivity contribution in [1.29, 1.82) is 0 Å². The Morgan fingerprint density at radius 3 is 2.88 bits per heavy atom. The molecule has 1 aliphatic rings. The number of benzene rings is 1. The molecule has 2 aromatic rings. The molecule has 0 spiro atoms. The first kappa shape index (κ1) is 18.0. The molecule has 0 aliphatic heterocycles. The van der Waals surface area contributed by atoms with E-state index in [-0.39, 0.29) is 17.2 Å². The zero-order valence-corrected chi connectivity index (χ0v) is 15.8. The average Bonchev–Trinajstić information content (AvgIpc) is 3.05. The van der Waals surface area contributed by atoms with Gasteiger partial charge in [0.2, 0.25) is 11.8 Å². The minimum atomic E-state index is -0.264. The van der Waals surface area contributed by atoms with Crippen LogP contribution in [-0.4, -0.2) is 27.4 Å². The molecule has 1 aliphatic carbocycles. The summed E-state index contributed by atoms with van der Waals surface area (Å²) in [6.07, 6.45) is 4.72. The van der Waals surface area contributed by atoms with Crippen LogP contribution < -0.4 is 5.32 Å². The molecule has 3 rings (SSSR count). The number of hydrogen-bond donors (Lipinski definition) is 1. The van der Waals surface area contributed by atoms with Gasteiger partial charge in [0.05, 0.1) is 5.25 Å². The number of nitrogens with one attached hydrogen (secondary N) is 1. The van der Waals surface area contributed by atoms with Crippen LogP contribution >= 0.6 is 11.8 Å². The largest absolute Gasteiger partial charge is 0.411 e. The molecule has 5 nitrogen and oxygen atoms in total. The Hall–Kier alpha value is -1.82. The molecule has 6 heteroatoms. The first-order chi connectivity index (χ1) is 12.0. The third-order valence-corrected chi connectivity index (χ3v) is 5.69. The predicted octanol–water partition coefficient (Wildman–Crippen LogP) is 4.22. The van der Waals surface area contributed by atoms with E-state index in [2.05, 4.69) is 22.4 Å². The molecule has 134 valence electrons. The van der Waals surface area contributed by atoms with Crippen molar-refractivity contribution in [2.45, 2.75) is 63.0 Å². The van der Waals surface area contributed by atoms with Crippen molar-refractivity contribution in [2.24, 2.45) is 5.92 Å². The van der Waals surface area contributed by atoms with Crippen LogP contribution in [-0.2, 0) is 4.79 Å². The van der Waals surface area contributed by atoms with Gasteiger partial charge in [0.1, 0.15) is 0 Å². The molecule has 1 saturated carbocycles. The lowest BCUT2D eigenvalue weighted by Crippen LogP contribution is -2.44. The molecular weight excluding hydrogens is 334 g/mol. The lowest BCUT2D eigenvalue weighted by molar-refractivity contribution is -0.121. The lowest BCUT2D eigenvalue weighted by atomic mass is 9.86. The zero-order chi connectivity index (χ0) is 17.8. The fourth-order valence-electron chi connectivity index (χ4n) is 3.19. The number of hydrogen-bond acceptors (Lipinski definition) is 5. The SMILES string of the molecule is Cc1cccc(-c2nnc(S[C@H](C)C(=O)N[C@@H]3CCCC[C@@H]3C)o2)c1. The van der Waals surface area contributed by atoms with Crippen LogP contribution in [0.4, 0.5) is 0 Å². The molecule has 3 atom stereocenters. The summed E-state index contributed by atoms with van der Waals surface area (Å²) < 4.78 is 5.72. The summed E-state index contributed by atoms with van der Waals surface area (Å²) in [7, 11) is 0. The molecule has 1 aromatic heterocycles. The molecule has 1 fully saturated rings. The first-order valence-electron chi connectivity index (χ1n) is 8.90. The molecule has 0 unspecified atom stereocenters. The van der Waals surface area contributed by atoms with Crippen LogP contribution in [0.1, 0.15) is 45.1 Å². The Balaban J connectivity index is 1.59. The van der Waals surface area contributed by atoms with Gasteiger partial charge >= 0.3 is 0 Å². The summed E-state index contributed by atoms with van der Waals surface area (Å²) >= 11 is 1.31. The van der Waals surface area contributed by atoms with E-state index in [0.29, 0.717) is 17.0 Å². The number of nitrogens with zero attached hydrogens (tertiary/aromatic N) is 2. The molecule has 0 bridgehead atoms. The molecular formula is C19H25N3O2S. The summed E-state index contributed by atoms with van der Waals surface area (Å²) in [6, 6.07) is 8.21. The Bertz CT molecular complexity index is 731. The highest BCUT2D eigenvalue weighted by Crippen LogP contribution is 2.28. The van der Waals surface area contributed by atoms with Crippen molar-refractivity contribution >= 4 is 17.7 Å². The second-order valence-electron chi connectivity index (χ2n) is 6.88. The second-order valence-corrected chi connectivity index (χ2v) is 8.17. The summed E-state index contributed by atoms with van der Waals surface area (Å²) in [5.74, 6) is 1.07. The Morgan fingerprint density at radius 2 is 2.12 bits per heavy atom. The van der Waals surface area contributed by atoms with Gasteiger partial charge in [0.25, 0.3) is 5.22 Å². The highest BCUT2D eigenvalue weighted by molar-refractivity contribution is 8.00. The van der Waals surface area contributed by atoms with Crippen LogP contribution in [0.3, 0.4) is 0 Å². The Labute approximate surface area is 153 Å². The van der Waals surface area contributed by atoms with E-state index >= 15 is 0 Å². The van der Waals surface area contributed by atoms with Gasteiger partial charge in [-0.3, -0.25) is 4.79 Å². The summed E-state index contributed by atoms with van der Waals surface area (Å²) in [4.78, 5) is 12.5. The molecule has 0 radical (unpaired) electrons. The number of amides is 1. The summed E-state index contributed by atoms with van der Waals surface area (Å²) in [5.41, 5.74) is 2.03. The number of aryl methyl sites for hydroxylation is 1. The fraction of sp³-hybridized carbons (Fsp3) is 0.526. The number of aromatic nitrogens is 2. The van der Waals surface area contributed by atoms with Crippen molar-refractivity contribution in [3.05, 3.63) is 29.8 Å². The molecule has 25 heavy (non-hydrogen) atoms. The highest BCUT2D eigenvalue weighted by Gasteiger charge is 2.26. The van der Waals surface area contributed by atoms with Gasteiger partial charge in [-0.25, -0.2) is 0 Å². The second kappa shape index (κ2) is 8.04. The first-order valence-corrected chi connectivity index (χ1v) is 9.78. The van der Waals surface area contributed by atoms with Gasteiger partial charge in [0, 0.05) is 11.6 Å². The maximum Gasteiger partial charge on any atom is 0.277 e. The topological polar surface area (TPSA) is 68.0 Å². The van der Waals surface area contributed by atoms with Crippen molar-refractivity contribution in [3.8, 4) is 11.5 Å². The van der Waals surface area contributed by atoms with Crippen molar-refractivity contribution in [2.75, 3.05) is 0 Å². The minimum absolute atomic E-state index is 0.0408. The molecule has 1 N–H and O–H groups in total. The zero-order valence-electron chi connectivity index (χ0n) is 15.0. The van der Waals surface area contributed by atoms with Crippen LogP contribution in [0.25, 0.3) is 11.5 Å². The lowest BCUT2D eigenvalue weighted by Gasteiger charge is -2.30. The average molecular weight is 359 g/mol. The van der Waals surface area contributed by atoms with E-state index in [9.17, 15) is 4.79 Å². The van der Waals surface area contributed by atoms with Crippen LogP contribution in [0.15, 0.2) is 33.9 Å². The maximum atomic E-state index is 12.5. The van der Waals surface area contributed by atoms with Crippen molar-refractivity contribution in [1.82, 2.24) is 15.5 Å². The van der Waals surface area contributed by atoms with Crippen molar-refractivity contribution in [3.63, 3.8) is 0 Å². The molecule has 0 saturated heterocycles. The van der Waals surface area contributed by atoms with E-state index in [1.807, 2.05) is 38.1 Å². The number of thioether (sulfide) groups is 1. The van der Waals surface area contributed by atoms with E-state index in [1.165, 1.54) is 31.0 Å². The molecule has 1 amide bonds. The normalized spacial score (nSPS) is 21.7. The standard InChI is InChI=1S/C19H25N3O2S/c1-12-7-6-9-15(11-12)18-21-22-19(24-18)25-14(3)17(23)20-16-10-5-4-8-13(16)2/h6-7,9,11,13-14,16H,4-5,8,10H2,1-3H3,(H,20,23)/t13-,14+,16+/m0/s1. The number of carbonyl (C=O) groups is 1. The van der Waals surface area contributed by atoms with Gasteiger partial charge in [-0.1, -0.05) is 49.2 Å². The van der Waals surface area contributed by atoms with E-state index in [4.69, 9.17) is 4.42 Å². The van der Waals surface area contributed by atoms with E-state index < -0.39 is 0 Å². The Kier molecular flexibility index (Phi) is 5.78. The summed E-state index contributed by atoms with van der Waals surface area (Å²) in [5, 5.41) is 11.5. The van der Waals surface area contributed by atoms with Gasteiger partial charge in [-0.05, 0) is 44.7 Å². The van der Waals surface area contributed by atoms with E-state index in [0.717, 1.165) is 17.5 Å². The van der Waals surface area contributed by atoms with E-state index in [1.54, 1.807) is 0 Å². The molecule has 1 heterocycles. The predicted molar refractivity (Wildman–Crippen MR) is 99.4 cm³/mol. The summed E-state index contributed by atoms with van der Waals surface area (Å²) in [6.45, 7) is 6.12. The van der Waals surface area contributed by atoms with Crippen molar-refractivity contribution < 1.29 is 9.21 Å². The Morgan fingerprint density at radius 1 is 1.32 bits per heavy atom. The molecule has 1 aromatic carbocycles. The number of carbonyl (C=O) groups excluding carboxylic acids is 1. The third kappa shape index (κ3) is 4.63. The van der Waals surface area contributed by atoms with Crippen LogP contribution in [0.5, 0.6) is 0 Å². The van der Waals surface area contributed by atoms with Gasteiger partial charge < -0.3 is 9.73 Å². The minimum Gasteiger partial charge on any atom is -0.411 e. The smallest absolute Gasteiger partial charge is 0.277 e. The van der Waals surface area contributed by atoms with Gasteiger partial charge in [0.15, 0.2) is 0 Å². The highest BCUT2D eigenvalue weighted by atomic mass is 32.2. The van der Waals surface area contributed by atoms with Crippen LogP contribution in [0.2, 0.25) is 0 Å². The third-order valence-electron chi connectivity index (χ3n) is 4.76. The quantitative estimate of drug-likeness (QED) is 0.810. The maximum absolute atomic E-state index is 12.5. The monoisotopic (exact) mass is 359 g/mol. The van der Waals surface area contributed by atoms with Gasteiger partial charge in [-0.15, -0.1) is 10.2 Å². The van der Waals surface area contributed by atoms with Gasteiger partial charge in [-0.2, -0.15) is 0 Å². The fourth-order valence-corrected chi connectivity index (χ4v) is 3.88. The number of rotatable bonds is 5.